The van der Waals surface area contributed by atoms with Crippen LogP contribution in [0.3, 0.4) is 0 Å². The fourth-order valence-corrected chi connectivity index (χ4v) is 2.07. The minimum absolute atomic E-state index is 0.101. The van der Waals surface area contributed by atoms with Gasteiger partial charge in [-0.05, 0) is 46.6 Å². The standard InChI is InChI=1S/C14H12BrFN2O2/c1-9-2-4-12(11(16)6-9)17-13(19)8-18-7-10(15)3-5-14(18)20/h2-7H,8H2,1H3,(H,17,19). The molecule has 0 spiro atoms. The molecule has 0 saturated heterocycles. The smallest absolute Gasteiger partial charge is 0.251 e. The van der Waals surface area contributed by atoms with Gasteiger partial charge in [0.25, 0.3) is 5.56 Å². The third kappa shape index (κ3) is 3.54. The summed E-state index contributed by atoms with van der Waals surface area (Å²) in [6.07, 6.45) is 1.51. The van der Waals surface area contributed by atoms with Gasteiger partial charge in [-0.15, -0.1) is 0 Å². The number of rotatable bonds is 3. The van der Waals surface area contributed by atoms with Gasteiger partial charge in [0.1, 0.15) is 12.4 Å². The van der Waals surface area contributed by atoms with Gasteiger partial charge in [-0.1, -0.05) is 6.07 Å². The lowest BCUT2D eigenvalue weighted by Gasteiger charge is -2.09. The average Bonchev–Trinajstić information content (AvgIpc) is 2.37. The van der Waals surface area contributed by atoms with E-state index in [1.807, 2.05) is 0 Å². The van der Waals surface area contributed by atoms with Crippen molar-refractivity contribution in [3.8, 4) is 0 Å². The molecule has 1 aromatic carbocycles. The number of pyridine rings is 1. The first kappa shape index (κ1) is 14.5. The molecular formula is C14H12BrFN2O2. The molecule has 1 aromatic heterocycles. The van der Waals surface area contributed by atoms with Crippen molar-refractivity contribution in [1.82, 2.24) is 4.57 Å². The summed E-state index contributed by atoms with van der Waals surface area (Å²) >= 11 is 3.22. The number of nitrogens with one attached hydrogen (secondary N) is 1. The van der Waals surface area contributed by atoms with Gasteiger partial charge in [-0.25, -0.2) is 4.39 Å². The summed E-state index contributed by atoms with van der Waals surface area (Å²) in [4.78, 5) is 23.4. The number of aryl methyl sites for hydroxylation is 1. The van der Waals surface area contributed by atoms with Crippen molar-refractivity contribution >= 4 is 27.5 Å². The van der Waals surface area contributed by atoms with Crippen molar-refractivity contribution in [3.05, 3.63) is 62.7 Å². The maximum absolute atomic E-state index is 13.6. The van der Waals surface area contributed by atoms with Crippen LogP contribution in [0.15, 0.2) is 45.8 Å². The number of carbonyl (C=O) groups is 1. The van der Waals surface area contributed by atoms with Crippen molar-refractivity contribution in [2.45, 2.75) is 13.5 Å². The van der Waals surface area contributed by atoms with Gasteiger partial charge in [-0.3, -0.25) is 9.59 Å². The molecule has 0 saturated carbocycles. The molecule has 1 amide bonds. The van der Waals surface area contributed by atoms with E-state index in [2.05, 4.69) is 21.2 Å². The molecule has 6 heteroatoms. The monoisotopic (exact) mass is 338 g/mol. The summed E-state index contributed by atoms with van der Waals surface area (Å²) in [5.74, 6) is -0.965. The molecule has 0 fully saturated rings. The Balaban J connectivity index is 2.13. The summed E-state index contributed by atoms with van der Waals surface area (Å²) < 4.78 is 15.5. The van der Waals surface area contributed by atoms with Gasteiger partial charge >= 0.3 is 0 Å². The molecular weight excluding hydrogens is 327 g/mol. The molecule has 104 valence electrons. The van der Waals surface area contributed by atoms with Crippen molar-refractivity contribution < 1.29 is 9.18 Å². The Kier molecular flexibility index (Phi) is 4.34. The number of anilines is 1. The Bertz CT molecular complexity index is 713. The highest BCUT2D eigenvalue weighted by Crippen LogP contribution is 2.15. The second-order valence-electron chi connectivity index (χ2n) is 4.34. The predicted octanol–water partition coefficient (Wildman–Crippen LogP) is 2.70. The lowest BCUT2D eigenvalue weighted by molar-refractivity contribution is -0.116. The van der Waals surface area contributed by atoms with E-state index in [4.69, 9.17) is 0 Å². The van der Waals surface area contributed by atoms with Crippen LogP contribution >= 0.6 is 15.9 Å². The summed E-state index contributed by atoms with van der Waals surface area (Å²) in [5, 5.41) is 2.44. The largest absolute Gasteiger partial charge is 0.322 e. The zero-order valence-electron chi connectivity index (χ0n) is 10.7. The normalized spacial score (nSPS) is 10.3. The lowest BCUT2D eigenvalue weighted by atomic mass is 10.2. The molecule has 4 nitrogen and oxygen atoms in total. The second-order valence-corrected chi connectivity index (χ2v) is 5.26. The Morgan fingerprint density at radius 1 is 1.35 bits per heavy atom. The van der Waals surface area contributed by atoms with E-state index in [1.54, 1.807) is 19.1 Å². The van der Waals surface area contributed by atoms with E-state index in [9.17, 15) is 14.0 Å². The molecule has 20 heavy (non-hydrogen) atoms. The third-order valence-corrected chi connectivity index (χ3v) is 3.13. The van der Waals surface area contributed by atoms with Crippen LogP contribution in [0.2, 0.25) is 0 Å². The van der Waals surface area contributed by atoms with Crippen LogP contribution in [-0.4, -0.2) is 10.5 Å². The molecule has 0 aliphatic rings. The summed E-state index contributed by atoms with van der Waals surface area (Å²) in [5.41, 5.74) is 0.570. The zero-order chi connectivity index (χ0) is 14.7. The van der Waals surface area contributed by atoms with E-state index in [1.165, 1.54) is 29.0 Å². The van der Waals surface area contributed by atoms with Crippen LogP contribution in [0.1, 0.15) is 5.56 Å². The molecule has 0 bridgehead atoms. The molecule has 0 unspecified atom stereocenters. The third-order valence-electron chi connectivity index (χ3n) is 2.66. The topological polar surface area (TPSA) is 51.1 Å². The molecule has 1 N–H and O–H groups in total. The van der Waals surface area contributed by atoms with E-state index in [0.717, 1.165) is 5.56 Å². The summed E-state index contributed by atoms with van der Waals surface area (Å²) in [7, 11) is 0. The zero-order valence-corrected chi connectivity index (χ0v) is 12.3. The second kappa shape index (κ2) is 6.00. The number of carbonyl (C=O) groups excluding carboxylic acids is 1. The number of amides is 1. The Hall–Kier alpha value is -1.95. The maximum atomic E-state index is 13.6. The minimum Gasteiger partial charge on any atom is -0.322 e. The van der Waals surface area contributed by atoms with Crippen LogP contribution in [0.4, 0.5) is 10.1 Å². The number of hydrogen-bond donors (Lipinski definition) is 1. The fourth-order valence-electron chi connectivity index (χ4n) is 1.69. The van der Waals surface area contributed by atoms with Crippen LogP contribution < -0.4 is 10.9 Å². The highest BCUT2D eigenvalue weighted by atomic mass is 79.9. The summed E-state index contributed by atoms with van der Waals surface area (Å²) in [6.45, 7) is 1.58. The average molecular weight is 339 g/mol. The van der Waals surface area contributed by atoms with Crippen molar-refractivity contribution in [1.29, 1.82) is 0 Å². The number of nitrogens with zero attached hydrogens (tertiary/aromatic N) is 1. The number of aromatic nitrogens is 1. The molecule has 1 heterocycles. The van der Waals surface area contributed by atoms with Crippen LogP contribution in [0.5, 0.6) is 0 Å². The number of benzene rings is 1. The molecule has 0 aliphatic carbocycles. The van der Waals surface area contributed by atoms with Crippen LogP contribution in [-0.2, 0) is 11.3 Å². The van der Waals surface area contributed by atoms with Gasteiger partial charge in [0.05, 0.1) is 5.69 Å². The molecule has 0 atom stereocenters. The molecule has 2 rings (SSSR count). The molecule has 2 aromatic rings. The van der Waals surface area contributed by atoms with Gasteiger partial charge in [-0.2, -0.15) is 0 Å². The minimum atomic E-state index is -0.500. The van der Waals surface area contributed by atoms with E-state index < -0.39 is 11.7 Å². The molecule has 0 aliphatic heterocycles. The SMILES string of the molecule is Cc1ccc(NC(=O)Cn2cc(Br)ccc2=O)c(F)c1. The fraction of sp³-hybridized carbons (Fsp3) is 0.143. The van der Waals surface area contributed by atoms with Crippen molar-refractivity contribution in [3.63, 3.8) is 0 Å². The predicted molar refractivity (Wildman–Crippen MR) is 78.2 cm³/mol. The Morgan fingerprint density at radius 3 is 2.80 bits per heavy atom. The first-order valence-electron chi connectivity index (χ1n) is 5.88. The van der Waals surface area contributed by atoms with Crippen LogP contribution in [0.25, 0.3) is 0 Å². The lowest BCUT2D eigenvalue weighted by Crippen LogP contribution is -2.26. The quantitative estimate of drug-likeness (QED) is 0.935. The van der Waals surface area contributed by atoms with E-state index in [-0.39, 0.29) is 17.8 Å². The van der Waals surface area contributed by atoms with E-state index >= 15 is 0 Å². The van der Waals surface area contributed by atoms with E-state index in [0.29, 0.717) is 4.47 Å². The van der Waals surface area contributed by atoms with Gasteiger partial charge in [0, 0.05) is 16.7 Å². The van der Waals surface area contributed by atoms with Gasteiger partial charge in [0.2, 0.25) is 5.91 Å². The van der Waals surface area contributed by atoms with Crippen molar-refractivity contribution in [2.24, 2.45) is 0 Å². The summed E-state index contributed by atoms with van der Waals surface area (Å²) in [6, 6.07) is 7.47. The Morgan fingerprint density at radius 2 is 2.10 bits per heavy atom. The highest BCUT2D eigenvalue weighted by Gasteiger charge is 2.08. The van der Waals surface area contributed by atoms with Crippen molar-refractivity contribution in [2.75, 3.05) is 5.32 Å². The first-order valence-corrected chi connectivity index (χ1v) is 6.67. The number of hydrogen-bond acceptors (Lipinski definition) is 2. The van der Waals surface area contributed by atoms with Gasteiger partial charge in [0.15, 0.2) is 0 Å². The first-order chi connectivity index (χ1) is 9.45. The highest BCUT2D eigenvalue weighted by molar-refractivity contribution is 9.10. The van der Waals surface area contributed by atoms with Crippen LogP contribution in [0, 0.1) is 12.7 Å². The number of halogens is 2. The van der Waals surface area contributed by atoms with Gasteiger partial charge < -0.3 is 9.88 Å². The Labute approximate surface area is 123 Å². The molecule has 0 radical (unpaired) electrons. The maximum Gasteiger partial charge on any atom is 0.251 e.